The van der Waals surface area contributed by atoms with E-state index in [-0.39, 0.29) is 5.91 Å². The molecule has 1 aliphatic heterocycles. The number of nitrogens with zero attached hydrogens (tertiary/aromatic N) is 2. The van der Waals surface area contributed by atoms with Crippen LogP contribution in [-0.2, 0) is 17.8 Å². The smallest absolute Gasteiger partial charge is 0.223 e. The second-order valence-corrected chi connectivity index (χ2v) is 6.57. The molecular formula is C21H26N2O2. The molecular weight excluding hydrogens is 312 g/mol. The van der Waals surface area contributed by atoms with Crippen molar-refractivity contribution in [2.24, 2.45) is 0 Å². The minimum atomic E-state index is 0.240. The average molecular weight is 338 g/mol. The molecule has 0 N–H and O–H groups in total. The number of carbonyl (C=O) groups excluding carboxylic acids is 1. The van der Waals surface area contributed by atoms with E-state index in [2.05, 4.69) is 41.3 Å². The molecule has 3 rings (SSSR count). The van der Waals surface area contributed by atoms with Crippen LogP contribution in [0.3, 0.4) is 0 Å². The van der Waals surface area contributed by atoms with Crippen LogP contribution >= 0.6 is 0 Å². The Balaban J connectivity index is 1.46. The van der Waals surface area contributed by atoms with E-state index >= 15 is 0 Å². The van der Waals surface area contributed by atoms with Crippen molar-refractivity contribution in [3.63, 3.8) is 0 Å². The number of amides is 1. The summed E-state index contributed by atoms with van der Waals surface area (Å²) in [7, 11) is 1.88. The lowest BCUT2D eigenvalue weighted by molar-refractivity contribution is -0.129. The van der Waals surface area contributed by atoms with Gasteiger partial charge in [-0.3, -0.25) is 9.69 Å². The highest BCUT2D eigenvalue weighted by atomic mass is 16.5. The van der Waals surface area contributed by atoms with Gasteiger partial charge in [-0.25, -0.2) is 0 Å². The molecule has 25 heavy (non-hydrogen) atoms. The van der Waals surface area contributed by atoms with E-state index in [1.807, 2.05) is 30.1 Å². The van der Waals surface area contributed by atoms with Crippen LogP contribution in [0.4, 0.5) is 0 Å². The van der Waals surface area contributed by atoms with Gasteiger partial charge < -0.3 is 9.64 Å². The van der Waals surface area contributed by atoms with E-state index in [9.17, 15) is 4.79 Å². The topological polar surface area (TPSA) is 32.8 Å². The third-order valence-corrected chi connectivity index (χ3v) is 4.65. The molecule has 1 heterocycles. The maximum Gasteiger partial charge on any atom is 0.223 e. The molecule has 2 aromatic rings. The number of rotatable bonds is 6. The summed E-state index contributed by atoms with van der Waals surface area (Å²) >= 11 is 0. The highest BCUT2D eigenvalue weighted by Crippen LogP contribution is 2.15. The zero-order valence-corrected chi connectivity index (χ0v) is 14.9. The Labute approximate surface area is 150 Å². The van der Waals surface area contributed by atoms with Crippen LogP contribution in [0.2, 0.25) is 0 Å². The van der Waals surface area contributed by atoms with E-state index in [1.54, 1.807) is 0 Å². The van der Waals surface area contributed by atoms with Gasteiger partial charge in [0, 0.05) is 46.1 Å². The first-order valence-electron chi connectivity index (χ1n) is 8.93. The van der Waals surface area contributed by atoms with Crippen LogP contribution in [0, 0.1) is 0 Å². The summed E-state index contributed by atoms with van der Waals surface area (Å²) in [4.78, 5) is 15.9. The molecule has 0 atom stereocenters. The predicted molar refractivity (Wildman–Crippen MR) is 99.6 cm³/mol. The minimum Gasteiger partial charge on any atom is -0.493 e. The molecule has 4 nitrogen and oxygen atoms in total. The van der Waals surface area contributed by atoms with Crippen molar-refractivity contribution in [3.8, 4) is 5.75 Å². The van der Waals surface area contributed by atoms with E-state index in [0.717, 1.165) is 38.3 Å². The van der Waals surface area contributed by atoms with Gasteiger partial charge in [0.1, 0.15) is 5.75 Å². The molecule has 4 heteroatoms. The fraction of sp³-hybridized carbons (Fsp3) is 0.381. The van der Waals surface area contributed by atoms with Crippen LogP contribution in [0.25, 0.3) is 0 Å². The first-order valence-corrected chi connectivity index (χ1v) is 8.93. The molecule has 1 aliphatic rings. The fourth-order valence-corrected chi connectivity index (χ4v) is 3.01. The lowest BCUT2D eigenvalue weighted by atomic mass is 10.2. The third kappa shape index (κ3) is 5.33. The first-order chi connectivity index (χ1) is 12.2. The molecule has 0 aromatic heterocycles. The van der Waals surface area contributed by atoms with Crippen molar-refractivity contribution in [3.05, 3.63) is 65.7 Å². The molecule has 1 amide bonds. The summed E-state index contributed by atoms with van der Waals surface area (Å²) in [6.45, 7) is 4.13. The van der Waals surface area contributed by atoms with Crippen molar-refractivity contribution in [2.45, 2.75) is 19.4 Å². The molecule has 0 bridgehead atoms. The summed E-state index contributed by atoms with van der Waals surface area (Å²) < 4.78 is 5.84. The number of hydrogen-bond donors (Lipinski definition) is 0. The van der Waals surface area contributed by atoms with Gasteiger partial charge in [0.05, 0.1) is 6.61 Å². The van der Waals surface area contributed by atoms with Crippen LogP contribution in [0.15, 0.2) is 54.6 Å². The summed E-state index contributed by atoms with van der Waals surface area (Å²) in [6, 6.07) is 18.7. The second-order valence-electron chi connectivity index (χ2n) is 6.57. The van der Waals surface area contributed by atoms with Gasteiger partial charge in [0.2, 0.25) is 5.91 Å². The summed E-state index contributed by atoms with van der Waals surface area (Å²) in [5, 5.41) is 0. The zero-order valence-electron chi connectivity index (χ0n) is 14.9. The molecule has 2 aromatic carbocycles. The lowest BCUT2D eigenvalue weighted by Gasteiger charge is -2.20. The molecule has 1 saturated heterocycles. The van der Waals surface area contributed by atoms with Crippen molar-refractivity contribution < 1.29 is 9.53 Å². The van der Waals surface area contributed by atoms with Crippen molar-refractivity contribution in [1.29, 1.82) is 0 Å². The van der Waals surface area contributed by atoms with Gasteiger partial charge in [-0.05, 0) is 23.3 Å². The third-order valence-electron chi connectivity index (χ3n) is 4.65. The molecule has 1 fully saturated rings. The first kappa shape index (κ1) is 17.5. The predicted octanol–water partition coefficient (Wildman–Crippen LogP) is 2.97. The van der Waals surface area contributed by atoms with Crippen LogP contribution < -0.4 is 4.74 Å². The number of benzene rings is 2. The van der Waals surface area contributed by atoms with Gasteiger partial charge in [0.15, 0.2) is 0 Å². The summed E-state index contributed by atoms with van der Waals surface area (Å²) in [6.07, 6.45) is 1.52. The molecule has 0 aliphatic carbocycles. The summed E-state index contributed by atoms with van der Waals surface area (Å²) in [5.41, 5.74) is 2.55. The maximum absolute atomic E-state index is 11.7. The minimum absolute atomic E-state index is 0.240. The van der Waals surface area contributed by atoms with Crippen LogP contribution in [0.1, 0.15) is 17.5 Å². The number of ether oxygens (including phenoxy) is 1. The Kier molecular flexibility index (Phi) is 6.07. The standard InChI is InChI=1S/C21H26N2O2/c1-22-14-15-23(13-11-21(22)24)17-19-7-9-20(10-8-19)25-16-12-18-5-3-2-4-6-18/h2-10H,11-17H2,1H3. The van der Waals surface area contributed by atoms with E-state index in [1.165, 1.54) is 11.1 Å². The second kappa shape index (κ2) is 8.67. The Bertz CT molecular complexity index is 670. The molecule has 132 valence electrons. The Hall–Kier alpha value is -2.33. The largest absolute Gasteiger partial charge is 0.493 e. The van der Waals surface area contributed by atoms with Gasteiger partial charge in [0.25, 0.3) is 0 Å². The normalized spacial score (nSPS) is 15.9. The quantitative estimate of drug-likeness (QED) is 0.812. The monoisotopic (exact) mass is 338 g/mol. The summed E-state index contributed by atoms with van der Waals surface area (Å²) in [5.74, 6) is 1.15. The van der Waals surface area contributed by atoms with E-state index in [0.29, 0.717) is 13.0 Å². The highest BCUT2D eigenvalue weighted by molar-refractivity contribution is 5.76. The number of hydrogen-bond acceptors (Lipinski definition) is 3. The average Bonchev–Trinajstić information content (AvgIpc) is 2.80. The number of carbonyl (C=O) groups is 1. The van der Waals surface area contributed by atoms with Gasteiger partial charge in [-0.2, -0.15) is 0 Å². The fourth-order valence-electron chi connectivity index (χ4n) is 3.01. The molecule has 0 saturated carbocycles. The Morgan fingerprint density at radius 3 is 2.44 bits per heavy atom. The maximum atomic E-state index is 11.7. The Morgan fingerprint density at radius 2 is 1.68 bits per heavy atom. The van der Waals surface area contributed by atoms with Crippen molar-refractivity contribution in [1.82, 2.24) is 9.80 Å². The Morgan fingerprint density at radius 1 is 0.920 bits per heavy atom. The van der Waals surface area contributed by atoms with Crippen LogP contribution in [0.5, 0.6) is 5.75 Å². The van der Waals surface area contributed by atoms with Gasteiger partial charge in [-0.1, -0.05) is 42.5 Å². The van der Waals surface area contributed by atoms with Crippen molar-refractivity contribution >= 4 is 5.91 Å². The molecule has 0 spiro atoms. The highest BCUT2D eigenvalue weighted by Gasteiger charge is 2.17. The number of likely N-dealkylation sites (N-methyl/N-ethyl adjacent to an activating group) is 1. The molecule has 0 unspecified atom stereocenters. The van der Waals surface area contributed by atoms with Crippen LogP contribution in [-0.4, -0.2) is 49.0 Å². The SMILES string of the molecule is CN1CCN(Cc2ccc(OCCc3ccccc3)cc2)CCC1=O. The lowest BCUT2D eigenvalue weighted by Crippen LogP contribution is -2.29. The van der Waals surface area contributed by atoms with Crippen molar-refractivity contribution in [2.75, 3.05) is 33.3 Å². The van der Waals surface area contributed by atoms with Gasteiger partial charge in [-0.15, -0.1) is 0 Å². The van der Waals surface area contributed by atoms with Gasteiger partial charge >= 0.3 is 0 Å². The molecule has 0 radical (unpaired) electrons. The van der Waals surface area contributed by atoms with E-state index in [4.69, 9.17) is 4.74 Å². The zero-order chi connectivity index (χ0) is 17.5. The van der Waals surface area contributed by atoms with E-state index < -0.39 is 0 Å².